The lowest BCUT2D eigenvalue weighted by Crippen LogP contribution is -3.20. The Morgan fingerprint density at radius 1 is 0.765 bits per heavy atom. The maximum Gasteiger partial charge on any atom is 0.0918 e. The molecule has 98 valence electrons. The van der Waals surface area contributed by atoms with E-state index in [9.17, 15) is 0 Å². The van der Waals surface area contributed by atoms with Crippen LogP contribution in [0.25, 0.3) is 0 Å². The predicted molar refractivity (Wildman–Crippen MR) is 69.7 cm³/mol. The summed E-state index contributed by atoms with van der Waals surface area (Å²) in [6.45, 7) is 0. The molecule has 0 aromatic rings. The number of fused-ring (bicyclic) bond motifs is 2. The van der Waals surface area contributed by atoms with Crippen LogP contribution in [0.4, 0.5) is 0 Å². The molecule has 2 saturated carbocycles. The van der Waals surface area contributed by atoms with E-state index in [0.717, 1.165) is 23.9 Å². The third-order valence-electron chi connectivity index (χ3n) is 5.84. The Labute approximate surface area is 105 Å². The van der Waals surface area contributed by atoms with E-state index in [1.54, 1.807) is 4.90 Å². The van der Waals surface area contributed by atoms with Crippen LogP contribution in [0.15, 0.2) is 0 Å². The number of rotatable bonds is 0. The van der Waals surface area contributed by atoms with E-state index in [4.69, 9.17) is 11.5 Å². The van der Waals surface area contributed by atoms with Crippen LogP contribution in [0.3, 0.4) is 0 Å². The molecule has 3 heteroatoms. The lowest BCUT2D eigenvalue weighted by atomic mass is 9.67. The quantitative estimate of drug-likeness (QED) is 0.552. The van der Waals surface area contributed by atoms with Gasteiger partial charge in [-0.2, -0.15) is 0 Å². The van der Waals surface area contributed by atoms with E-state index < -0.39 is 0 Å². The third-order valence-corrected chi connectivity index (χ3v) is 5.84. The van der Waals surface area contributed by atoms with Gasteiger partial charge >= 0.3 is 0 Å². The van der Waals surface area contributed by atoms with Gasteiger partial charge in [-0.3, -0.25) is 0 Å². The molecular formula is C14H28N3+. The molecule has 3 nitrogen and oxygen atoms in total. The number of quaternary nitrogens is 1. The Morgan fingerprint density at radius 2 is 1.24 bits per heavy atom. The van der Waals surface area contributed by atoms with Crippen molar-refractivity contribution >= 4 is 0 Å². The largest absolute Gasteiger partial charge is 0.332 e. The van der Waals surface area contributed by atoms with Gasteiger partial charge in [-0.05, 0) is 32.1 Å². The smallest absolute Gasteiger partial charge is 0.0918 e. The molecule has 1 aliphatic heterocycles. The highest BCUT2D eigenvalue weighted by Gasteiger charge is 2.47. The second kappa shape index (κ2) is 4.52. The molecule has 3 fully saturated rings. The number of hydrogen-bond donors (Lipinski definition) is 3. The molecule has 5 N–H and O–H groups in total. The molecule has 3 aliphatic rings. The van der Waals surface area contributed by atoms with Crippen molar-refractivity contribution in [2.24, 2.45) is 23.3 Å². The van der Waals surface area contributed by atoms with Crippen LogP contribution >= 0.6 is 0 Å². The monoisotopic (exact) mass is 238 g/mol. The Kier molecular flexibility index (Phi) is 3.18. The maximum atomic E-state index is 6.16. The van der Waals surface area contributed by atoms with Gasteiger partial charge < -0.3 is 16.4 Å². The van der Waals surface area contributed by atoms with Crippen LogP contribution in [0, 0.1) is 11.8 Å². The zero-order chi connectivity index (χ0) is 12.0. The maximum absolute atomic E-state index is 6.16. The van der Waals surface area contributed by atoms with Crippen molar-refractivity contribution in [3.05, 3.63) is 0 Å². The van der Waals surface area contributed by atoms with E-state index in [1.807, 2.05) is 0 Å². The minimum atomic E-state index is 0.458. The molecule has 17 heavy (non-hydrogen) atoms. The second-order valence-electron chi connectivity index (χ2n) is 6.86. The van der Waals surface area contributed by atoms with Gasteiger partial charge in [-0.15, -0.1) is 0 Å². The zero-order valence-electron chi connectivity index (χ0n) is 11.1. The van der Waals surface area contributed by atoms with Crippen molar-refractivity contribution in [1.82, 2.24) is 0 Å². The van der Waals surface area contributed by atoms with Crippen LogP contribution in [0.5, 0.6) is 0 Å². The molecule has 7 atom stereocenters. The van der Waals surface area contributed by atoms with Crippen molar-refractivity contribution < 1.29 is 4.90 Å². The highest BCUT2D eigenvalue weighted by atomic mass is 15.2. The SMILES string of the molecule is C[NH+]1C2CC(N)CC[C@@H]2C[C@@H]2CCC(N)CC21. The second-order valence-corrected chi connectivity index (χ2v) is 6.86. The summed E-state index contributed by atoms with van der Waals surface area (Å²) in [5.74, 6) is 1.90. The van der Waals surface area contributed by atoms with Crippen LogP contribution in [-0.2, 0) is 0 Å². The van der Waals surface area contributed by atoms with E-state index in [1.165, 1.54) is 44.9 Å². The van der Waals surface area contributed by atoms with E-state index >= 15 is 0 Å². The first kappa shape index (κ1) is 11.9. The van der Waals surface area contributed by atoms with E-state index in [-0.39, 0.29) is 0 Å². The number of likely N-dealkylation sites (tertiary alicyclic amines) is 1. The Bertz CT molecular complexity index is 255. The zero-order valence-corrected chi connectivity index (χ0v) is 11.1. The first-order valence-corrected chi connectivity index (χ1v) is 7.49. The molecule has 2 aliphatic carbocycles. The van der Waals surface area contributed by atoms with Crippen LogP contribution in [0.2, 0.25) is 0 Å². The molecule has 1 heterocycles. The fourth-order valence-electron chi connectivity index (χ4n) is 4.88. The number of hydrogen-bond acceptors (Lipinski definition) is 2. The summed E-state index contributed by atoms with van der Waals surface area (Å²) in [5.41, 5.74) is 12.3. The lowest BCUT2D eigenvalue weighted by molar-refractivity contribution is -0.948. The Hall–Kier alpha value is -0.120. The molecule has 0 bridgehead atoms. The summed E-state index contributed by atoms with van der Waals surface area (Å²) in [7, 11) is 2.41. The van der Waals surface area contributed by atoms with Crippen molar-refractivity contribution in [1.29, 1.82) is 0 Å². The van der Waals surface area contributed by atoms with Gasteiger partial charge in [0.25, 0.3) is 0 Å². The van der Waals surface area contributed by atoms with Gasteiger partial charge in [-0.1, -0.05) is 0 Å². The average Bonchev–Trinajstić information content (AvgIpc) is 2.32. The normalized spacial score (nSPS) is 54.9. The first-order valence-electron chi connectivity index (χ1n) is 7.49. The average molecular weight is 238 g/mol. The fourth-order valence-corrected chi connectivity index (χ4v) is 4.88. The standard InChI is InChI=1S/C14H27N3/c1-17-13-7-11(15)4-2-9(13)6-10-3-5-12(16)8-14(10)17/h9-14H,2-8,15-16H2,1H3/p+1/t9-,10+,11?,12?,13?,14?. The van der Waals surface area contributed by atoms with Crippen molar-refractivity contribution in [2.45, 2.75) is 69.1 Å². The van der Waals surface area contributed by atoms with Gasteiger partial charge in [0.05, 0.1) is 19.1 Å². The van der Waals surface area contributed by atoms with Gasteiger partial charge in [-0.25, -0.2) is 0 Å². The van der Waals surface area contributed by atoms with Crippen LogP contribution in [0.1, 0.15) is 44.9 Å². The molecule has 5 unspecified atom stereocenters. The lowest BCUT2D eigenvalue weighted by Gasteiger charge is -2.51. The molecular weight excluding hydrogens is 210 g/mol. The van der Waals surface area contributed by atoms with Gasteiger partial charge in [0.15, 0.2) is 0 Å². The highest BCUT2D eigenvalue weighted by Crippen LogP contribution is 2.37. The van der Waals surface area contributed by atoms with Crippen molar-refractivity contribution in [3.63, 3.8) is 0 Å². The first-order chi connectivity index (χ1) is 8.15. The summed E-state index contributed by atoms with van der Waals surface area (Å²) >= 11 is 0. The minimum absolute atomic E-state index is 0.458. The summed E-state index contributed by atoms with van der Waals surface area (Å²) < 4.78 is 0. The summed E-state index contributed by atoms with van der Waals surface area (Å²) in [4.78, 5) is 1.76. The molecule has 0 radical (unpaired) electrons. The number of nitrogens with two attached hydrogens (primary N) is 2. The Morgan fingerprint density at radius 3 is 1.71 bits per heavy atom. The van der Waals surface area contributed by atoms with Gasteiger partial charge in [0, 0.05) is 36.8 Å². The van der Waals surface area contributed by atoms with Gasteiger partial charge in [0.2, 0.25) is 0 Å². The predicted octanol–water partition coefficient (Wildman–Crippen LogP) is -0.103. The summed E-state index contributed by atoms with van der Waals surface area (Å²) in [6, 6.07) is 2.57. The highest BCUT2D eigenvalue weighted by molar-refractivity contribution is 4.92. The molecule has 0 aromatic carbocycles. The van der Waals surface area contributed by atoms with E-state index in [0.29, 0.717) is 12.1 Å². The molecule has 1 saturated heterocycles. The minimum Gasteiger partial charge on any atom is -0.332 e. The summed E-state index contributed by atoms with van der Waals surface area (Å²) in [5, 5.41) is 0. The van der Waals surface area contributed by atoms with E-state index in [2.05, 4.69) is 7.05 Å². The molecule has 0 amide bonds. The number of nitrogens with one attached hydrogen (secondary N) is 1. The third kappa shape index (κ3) is 2.13. The fraction of sp³-hybridized carbons (Fsp3) is 1.00. The topological polar surface area (TPSA) is 56.5 Å². The van der Waals surface area contributed by atoms with Crippen LogP contribution in [-0.4, -0.2) is 31.2 Å². The van der Waals surface area contributed by atoms with Crippen molar-refractivity contribution in [3.8, 4) is 0 Å². The molecule has 0 aromatic heterocycles. The molecule has 0 spiro atoms. The Balaban J connectivity index is 1.75. The van der Waals surface area contributed by atoms with Crippen LogP contribution < -0.4 is 16.4 Å². The summed E-state index contributed by atoms with van der Waals surface area (Å²) in [6.07, 6.45) is 9.21. The van der Waals surface area contributed by atoms with Gasteiger partial charge in [0.1, 0.15) is 0 Å². The molecule has 3 rings (SSSR count). The number of piperidine rings is 1. The van der Waals surface area contributed by atoms with Crippen molar-refractivity contribution in [2.75, 3.05) is 7.05 Å².